The van der Waals surface area contributed by atoms with Crippen molar-refractivity contribution in [2.24, 2.45) is 0 Å². The molecule has 140 valence electrons. The summed E-state index contributed by atoms with van der Waals surface area (Å²) in [4.78, 5) is 16.3. The Morgan fingerprint density at radius 2 is 1.88 bits per heavy atom. The molecule has 1 atom stereocenters. The summed E-state index contributed by atoms with van der Waals surface area (Å²) in [5.74, 6) is -4.62. The zero-order valence-corrected chi connectivity index (χ0v) is 15.3. The summed E-state index contributed by atoms with van der Waals surface area (Å²) in [5, 5.41) is 4.45. The molecule has 0 radical (unpaired) electrons. The Bertz CT molecular complexity index is 761. The van der Waals surface area contributed by atoms with Crippen molar-refractivity contribution in [1.29, 1.82) is 0 Å². The van der Waals surface area contributed by atoms with Crippen LogP contribution in [0, 0.1) is 17.5 Å². The van der Waals surface area contributed by atoms with Gasteiger partial charge in [-0.25, -0.2) is 13.2 Å². The molecule has 1 fully saturated rings. The summed E-state index contributed by atoms with van der Waals surface area (Å²) in [6, 6.07) is 5.62. The fraction of sp³-hybridized carbons (Fsp3) is 0.389. The average molecular weight is 385 g/mol. The molecule has 1 aromatic heterocycles. The maximum absolute atomic E-state index is 13.7. The minimum absolute atomic E-state index is 0.331. The standard InChI is InChI=1S/C18H20F3N3OS/c1-12(18(25)22-15-5-4-14(19)16(20)17(15)21)24-8-6-23(7-9-24)11-13-3-2-10-26-13/h2-5,10,12H,6-9,11H2,1H3,(H,22,25)/p+2/t12-/m1/s1. The maximum atomic E-state index is 13.7. The molecule has 4 nitrogen and oxygen atoms in total. The van der Waals surface area contributed by atoms with Crippen LogP contribution in [0.2, 0.25) is 0 Å². The van der Waals surface area contributed by atoms with Crippen LogP contribution in [0.4, 0.5) is 18.9 Å². The Morgan fingerprint density at radius 3 is 2.54 bits per heavy atom. The van der Waals surface area contributed by atoms with Gasteiger partial charge in [-0.1, -0.05) is 6.07 Å². The van der Waals surface area contributed by atoms with Gasteiger partial charge in [0.2, 0.25) is 0 Å². The number of anilines is 1. The van der Waals surface area contributed by atoms with E-state index in [0.29, 0.717) is 0 Å². The van der Waals surface area contributed by atoms with Crippen LogP contribution in [0.5, 0.6) is 0 Å². The monoisotopic (exact) mass is 385 g/mol. The van der Waals surface area contributed by atoms with E-state index >= 15 is 0 Å². The summed E-state index contributed by atoms with van der Waals surface area (Å²) >= 11 is 1.75. The lowest BCUT2D eigenvalue weighted by Crippen LogP contribution is -3.29. The smallest absolute Gasteiger partial charge is 0.282 e. The summed E-state index contributed by atoms with van der Waals surface area (Å²) < 4.78 is 40.0. The second kappa shape index (κ2) is 8.20. The Hall–Kier alpha value is -1.90. The molecule has 0 saturated carbocycles. The van der Waals surface area contributed by atoms with Crippen molar-refractivity contribution in [3.8, 4) is 0 Å². The highest BCUT2D eigenvalue weighted by molar-refractivity contribution is 7.09. The van der Waals surface area contributed by atoms with Crippen molar-refractivity contribution in [2.45, 2.75) is 19.5 Å². The lowest BCUT2D eigenvalue weighted by molar-refractivity contribution is -1.02. The number of amides is 1. The Kier molecular flexibility index (Phi) is 5.95. The molecule has 1 saturated heterocycles. The Morgan fingerprint density at radius 1 is 1.15 bits per heavy atom. The van der Waals surface area contributed by atoms with Gasteiger partial charge in [-0.3, -0.25) is 4.79 Å². The normalized spacial score (nSPS) is 21.4. The number of thiophene rings is 1. The van der Waals surface area contributed by atoms with Gasteiger partial charge in [0, 0.05) is 0 Å². The molecule has 0 spiro atoms. The van der Waals surface area contributed by atoms with Crippen LogP contribution in [0.15, 0.2) is 29.6 Å². The number of carbonyl (C=O) groups excluding carboxylic acids is 1. The van der Waals surface area contributed by atoms with E-state index in [1.165, 1.54) is 9.78 Å². The van der Waals surface area contributed by atoms with Crippen LogP contribution < -0.4 is 15.1 Å². The first kappa shape index (κ1) is 18.9. The summed E-state index contributed by atoms with van der Waals surface area (Å²) in [5.41, 5.74) is -0.331. The van der Waals surface area contributed by atoms with Crippen molar-refractivity contribution in [2.75, 3.05) is 31.5 Å². The molecule has 0 aliphatic carbocycles. The minimum atomic E-state index is -1.58. The first-order valence-corrected chi connectivity index (χ1v) is 9.48. The molecule has 26 heavy (non-hydrogen) atoms. The van der Waals surface area contributed by atoms with Crippen LogP contribution >= 0.6 is 11.3 Å². The minimum Gasteiger partial charge on any atom is -0.321 e. The van der Waals surface area contributed by atoms with Crippen LogP contribution in [-0.2, 0) is 11.3 Å². The molecule has 3 rings (SSSR count). The number of carbonyl (C=O) groups is 1. The van der Waals surface area contributed by atoms with E-state index in [2.05, 4.69) is 16.8 Å². The van der Waals surface area contributed by atoms with Crippen LogP contribution in [-0.4, -0.2) is 38.1 Å². The second-order valence-electron chi connectivity index (χ2n) is 6.60. The van der Waals surface area contributed by atoms with Crippen LogP contribution in [0.3, 0.4) is 0 Å². The lowest BCUT2D eigenvalue weighted by atomic mass is 10.2. The van der Waals surface area contributed by atoms with Crippen LogP contribution in [0.25, 0.3) is 0 Å². The van der Waals surface area contributed by atoms with Gasteiger partial charge in [0.1, 0.15) is 32.7 Å². The zero-order chi connectivity index (χ0) is 18.7. The Labute approximate surface area is 154 Å². The van der Waals surface area contributed by atoms with E-state index in [9.17, 15) is 18.0 Å². The van der Waals surface area contributed by atoms with E-state index in [1.54, 1.807) is 18.3 Å². The molecule has 1 amide bonds. The summed E-state index contributed by atoms with van der Waals surface area (Å²) in [6.45, 7) is 6.32. The third-order valence-electron chi connectivity index (χ3n) is 4.90. The molecule has 2 heterocycles. The maximum Gasteiger partial charge on any atom is 0.282 e. The number of halogens is 3. The first-order valence-electron chi connectivity index (χ1n) is 8.60. The molecule has 2 aromatic rings. The molecule has 0 unspecified atom stereocenters. The van der Waals surface area contributed by atoms with Gasteiger partial charge in [0.25, 0.3) is 5.91 Å². The molecular formula is C18H22F3N3OS+2. The van der Waals surface area contributed by atoms with Gasteiger partial charge in [0.05, 0.1) is 10.6 Å². The number of hydrogen-bond donors (Lipinski definition) is 3. The molecule has 0 bridgehead atoms. The molecule has 3 N–H and O–H groups in total. The molecule has 1 aromatic carbocycles. The van der Waals surface area contributed by atoms with E-state index in [4.69, 9.17) is 0 Å². The number of quaternary nitrogens is 2. The number of piperazine rings is 1. The number of hydrogen-bond acceptors (Lipinski definition) is 2. The lowest BCUT2D eigenvalue weighted by Gasteiger charge is -2.32. The first-order chi connectivity index (χ1) is 12.5. The number of rotatable bonds is 5. The van der Waals surface area contributed by atoms with Gasteiger partial charge in [-0.2, -0.15) is 0 Å². The van der Waals surface area contributed by atoms with Gasteiger partial charge in [0.15, 0.2) is 23.5 Å². The van der Waals surface area contributed by atoms with Gasteiger partial charge < -0.3 is 15.1 Å². The zero-order valence-electron chi connectivity index (χ0n) is 14.5. The highest BCUT2D eigenvalue weighted by Gasteiger charge is 2.31. The Balaban J connectivity index is 1.54. The van der Waals surface area contributed by atoms with E-state index in [1.807, 2.05) is 6.07 Å². The fourth-order valence-corrected chi connectivity index (χ4v) is 4.02. The second-order valence-corrected chi connectivity index (χ2v) is 7.63. The predicted molar refractivity (Wildman–Crippen MR) is 93.8 cm³/mol. The molecule has 1 aliphatic rings. The number of benzene rings is 1. The average Bonchev–Trinajstić information content (AvgIpc) is 3.15. The summed E-state index contributed by atoms with van der Waals surface area (Å²) in [7, 11) is 0. The SMILES string of the molecule is C[C@H](C(=O)Nc1ccc(F)c(F)c1F)[NH+]1CC[NH+](Cc2cccs2)CC1. The largest absolute Gasteiger partial charge is 0.321 e. The molecular weight excluding hydrogens is 363 g/mol. The van der Waals surface area contributed by atoms with Crippen molar-refractivity contribution >= 4 is 22.9 Å². The highest BCUT2D eigenvalue weighted by Crippen LogP contribution is 2.19. The molecule has 8 heteroatoms. The van der Waals surface area contributed by atoms with E-state index in [0.717, 1.165) is 49.8 Å². The van der Waals surface area contributed by atoms with Crippen molar-refractivity contribution in [1.82, 2.24) is 0 Å². The quantitative estimate of drug-likeness (QED) is 0.644. The van der Waals surface area contributed by atoms with Gasteiger partial charge in [-0.05, 0) is 30.5 Å². The van der Waals surface area contributed by atoms with E-state index in [-0.39, 0.29) is 5.69 Å². The highest BCUT2D eigenvalue weighted by atomic mass is 32.1. The topological polar surface area (TPSA) is 38.0 Å². The van der Waals surface area contributed by atoms with Crippen LogP contribution in [0.1, 0.15) is 11.8 Å². The third kappa shape index (κ3) is 4.25. The van der Waals surface area contributed by atoms with Gasteiger partial charge in [-0.15, -0.1) is 11.3 Å². The molecule has 1 aliphatic heterocycles. The van der Waals surface area contributed by atoms with Crippen molar-refractivity contribution in [3.05, 3.63) is 52.0 Å². The number of nitrogens with one attached hydrogen (secondary N) is 3. The fourth-order valence-electron chi connectivity index (χ4n) is 3.24. The summed E-state index contributed by atoms with van der Waals surface area (Å²) in [6.07, 6.45) is 0. The van der Waals surface area contributed by atoms with Gasteiger partial charge >= 0.3 is 0 Å². The van der Waals surface area contributed by atoms with Crippen molar-refractivity contribution in [3.63, 3.8) is 0 Å². The predicted octanol–water partition coefficient (Wildman–Crippen LogP) is 0.476. The van der Waals surface area contributed by atoms with E-state index < -0.39 is 29.4 Å². The third-order valence-corrected chi connectivity index (χ3v) is 5.78. The van der Waals surface area contributed by atoms with Crippen molar-refractivity contribution < 1.29 is 27.8 Å².